The van der Waals surface area contributed by atoms with E-state index in [0.29, 0.717) is 22.4 Å². The number of ether oxygens (including phenoxy) is 1. The Morgan fingerprint density at radius 1 is 1.35 bits per heavy atom. The van der Waals surface area contributed by atoms with Crippen molar-refractivity contribution in [1.82, 2.24) is 4.31 Å². The summed E-state index contributed by atoms with van der Waals surface area (Å²) in [7, 11) is -4.27. The van der Waals surface area contributed by atoms with Gasteiger partial charge < -0.3 is 10.5 Å². The summed E-state index contributed by atoms with van der Waals surface area (Å²) in [4.78, 5) is 11.6. The van der Waals surface area contributed by atoms with Crippen LogP contribution in [0, 0.1) is 0 Å². The van der Waals surface area contributed by atoms with E-state index in [2.05, 4.69) is 0 Å². The quantitative estimate of drug-likeness (QED) is 0.706. The van der Waals surface area contributed by atoms with E-state index in [0.717, 1.165) is 0 Å². The minimum absolute atomic E-state index is 0.195. The highest BCUT2D eigenvalue weighted by atomic mass is 35.5. The minimum atomic E-state index is -4.55. The van der Waals surface area contributed by atoms with Gasteiger partial charge in [0.25, 0.3) is 0 Å². The monoisotopic (exact) mass is 414 g/mol. The molecule has 26 heavy (non-hydrogen) atoms. The van der Waals surface area contributed by atoms with Crippen molar-refractivity contribution in [2.24, 2.45) is 5.73 Å². The van der Waals surface area contributed by atoms with Gasteiger partial charge in [-0.2, -0.15) is 17.5 Å². The van der Waals surface area contributed by atoms with Crippen molar-refractivity contribution in [3.8, 4) is 0 Å². The van der Waals surface area contributed by atoms with Gasteiger partial charge in [0.05, 0.1) is 11.0 Å². The van der Waals surface area contributed by atoms with E-state index in [4.69, 9.17) is 22.1 Å². The predicted octanol–water partition coefficient (Wildman–Crippen LogP) is 2.32. The van der Waals surface area contributed by atoms with Crippen LogP contribution in [-0.4, -0.2) is 50.1 Å². The van der Waals surface area contributed by atoms with E-state index in [-0.39, 0.29) is 11.4 Å². The minimum Gasteiger partial charge on any atom is -0.377 e. The van der Waals surface area contributed by atoms with Crippen LogP contribution < -0.4 is 5.73 Å². The Morgan fingerprint density at radius 3 is 2.35 bits per heavy atom. The van der Waals surface area contributed by atoms with Crippen LogP contribution in [0.5, 0.6) is 0 Å². The van der Waals surface area contributed by atoms with Crippen LogP contribution in [0.4, 0.5) is 13.2 Å². The first-order chi connectivity index (χ1) is 12.0. The lowest BCUT2D eigenvalue weighted by Crippen LogP contribution is -2.52. The third-order valence-corrected chi connectivity index (χ3v) is 6.12. The van der Waals surface area contributed by atoms with E-state index in [1.165, 1.54) is 24.3 Å². The van der Waals surface area contributed by atoms with E-state index in [1.807, 2.05) is 0 Å². The van der Waals surface area contributed by atoms with Gasteiger partial charge >= 0.3 is 6.18 Å². The third kappa shape index (κ3) is 5.32. The van der Waals surface area contributed by atoms with Crippen LogP contribution >= 0.6 is 11.6 Å². The van der Waals surface area contributed by atoms with Gasteiger partial charge in [0.15, 0.2) is 0 Å². The smallest absolute Gasteiger partial charge is 0.377 e. The lowest BCUT2D eigenvalue weighted by Gasteiger charge is -2.35. The number of hydrogen-bond acceptors (Lipinski definition) is 4. The van der Waals surface area contributed by atoms with Crippen LogP contribution in [0.2, 0.25) is 5.02 Å². The molecule has 11 heteroatoms. The second-order valence-corrected chi connectivity index (χ2v) is 8.21. The molecule has 1 aromatic rings. The van der Waals surface area contributed by atoms with Crippen molar-refractivity contribution < 1.29 is 31.1 Å². The molecular weight excluding hydrogens is 397 g/mol. The van der Waals surface area contributed by atoms with E-state index in [9.17, 15) is 26.4 Å². The first-order valence-corrected chi connectivity index (χ1v) is 9.57. The van der Waals surface area contributed by atoms with Crippen molar-refractivity contribution >= 4 is 27.5 Å². The van der Waals surface area contributed by atoms with Crippen molar-refractivity contribution in [2.45, 2.75) is 42.5 Å². The van der Waals surface area contributed by atoms with Gasteiger partial charge in [-0.15, -0.1) is 0 Å². The topological polar surface area (TPSA) is 89.7 Å². The summed E-state index contributed by atoms with van der Waals surface area (Å²) in [5, 5.41) is 0.293. The number of benzene rings is 1. The van der Waals surface area contributed by atoms with E-state index >= 15 is 0 Å². The van der Waals surface area contributed by atoms with Crippen molar-refractivity contribution in [3.05, 3.63) is 29.3 Å². The molecule has 1 fully saturated rings. The molecule has 1 aliphatic rings. The Bertz CT molecular complexity index is 736. The molecule has 0 bridgehead atoms. The predicted molar refractivity (Wildman–Crippen MR) is 88.0 cm³/mol. The molecule has 1 saturated heterocycles. The van der Waals surface area contributed by atoms with Gasteiger partial charge in [-0.1, -0.05) is 11.6 Å². The highest BCUT2D eigenvalue weighted by Crippen LogP contribution is 2.28. The maximum absolute atomic E-state index is 12.9. The summed E-state index contributed by atoms with van der Waals surface area (Å²) in [6.07, 6.45) is -6.60. The Hall–Kier alpha value is -1.36. The number of nitrogens with two attached hydrogens (primary N) is 1. The van der Waals surface area contributed by atoms with Crippen LogP contribution in [0.15, 0.2) is 29.2 Å². The summed E-state index contributed by atoms with van der Waals surface area (Å²) >= 11 is 5.74. The lowest BCUT2D eigenvalue weighted by molar-refractivity contribution is -0.141. The standard InChI is InChI=1S/C15H18ClF3N2O4S/c16-10-1-3-12(4-2-10)26(23,24)21(9-11-6-8-25-11)13(14(20)22)5-7-15(17,18)19/h1-4,11,13H,5-9H2,(H2,20,22)/t11-,13-/m0/s1. The number of hydrogen-bond donors (Lipinski definition) is 1. The van der Waals surface area contributed by atoms with Crippen molar-refractivity contribution in [2.75, 3.05) is 13.2 Å². The van der Waals surface area contributed by atoms with Crippen molar-refractivity contribution in [1.29, 1.82) is 0 Å². The second-order valence-electron chi connectivity index (χ2n) is 5.88. The SMILES string of the molecule is NC(=O)[C@H](CCC(F)(F)F)N(C[C@@H]1CCO1)S(=O)(=O)c1ccc(Cl)cc1. The molecule has 2 N–H and O–H groups in total. The van der Waals surface area contributed by atoms with Gasteiger partial charge in [0, 0.05) is 24.6 Å². The zero-order valence-corrected chi connectivity index (χ0v) is 15.1. The Morgan fingerprint density at radius 2 is 1.92 bits per heavy atom. The molecule has 0 radical (unpaired) electrons. The van der Waals surface area contributed by atoms with Gasteiger partial charge in [-0.3, -0.25) is 4.79 Å². The molecule has 2 atom stereocenters. The highest BCUT2D eigenvalue weighted by Gasteiger charge is 2.40. The number of carbonyl (C=O) groups excluding carboxylic acids is 1. The van der Waals surface area contributed by atoms with E-state index in [1.54, 1.807) is 0 Å². The molecule has 6 nitrogen and oxygen atoms in total. The summed E-state index contributed by atoms with van der Waals surface area (Å²) in [6, 6.07) is 3.46. The maximum atomic E-state index is 12.9. The van der Waals surface area contributed by atoms with Gasteiger partial charge in [-0.25, -0.2) is 8.42 Å². The lowest BCUT2D eigenvalue weighted by atomic mass is 10.1. The number of alkyl halides is 3. The van der Waals surface area contributed by atoms with E-state index < -0.39 is 47.1 Å². The third-order valence-electron chi connectivity index (χ3n) is 3.97. The maximum Gasteiger partial charge on any atom is 0.389 e. The molecule has 1 amide bonds. The molecule has 0 spiro atoms. The largest absolute Gasteiger partial charge is 0.389 e. The van der Waals surface area contributed by atoms with Gasteiger partial charge in [-0.05, 0) is 37.1 Å². The number of carbonyl (C=O) groups is 1. The first kappa shape index (κ1) is 20.9. The average molecular weight is 415 g/mol. The van der Waals surface area contributed by atoms with Crippen LogP contribution in [0.25, 0.3) is 0 Å². The zero-order valence-electron chi connectivity index (χ0n) is 13.6. The molecule has 0 unspecified atom stereocenters. The van der Waals surface area contributed by atoms with Gasteiger partial charge in [0.1, 0.15) is 6.04 Å². The molecule has 0 saturated carbocycles. The number of amides is 1. The van der Waals surface area contributed by atoms with Gasteiger partial charge in [0.2, 0.25) is 15.9 Å². The summed E-state index contributed by atoms with van der Waals surface area (Å²) in [6.45, 7) is 0.166. The summed E-state index contributed by atoms with van der Waals surface area (Å²) in [5.41, 5.74) is 5.23. The number of primary amides is 1. The second kappa shape index (κ2) is 8.12. The number of halogens is 4. The fourth-order valence-corrected chi connectivity index (χ4v) is 4.28. The fraction of sp³-hybridized carbons (Fsp3) is 0.533. The molecule has 146 valence electrons. The molecular formula is C15H18ClF3N2O4S. The van der Waals surface area contributed by atoms with Crippen molar-refractivity contribution in [3.63, 3.8) is 0 Å². The normalized spacial score (nSPS) is 19.2. The molecule has 2 rings (SSSR count). The molecule has 1 aromatic carbocycles. The molecule has 0 aliphatic carbocycles. The number of rotatable bonds is 8. The van der Waals surface area contributed by atoms with Crippen LogP contribution in [0.1, 0.15) is 19.3 Å². The Labute approximate surface area is 154 Å². The molecule has 1 aliphatic heterocycles. The van der Waals surface area contributed by atoms with Crippen LogP contribution in [0.3, 0.4) is 0 Å². The zero-order chi connectivity index (χ0) is 19.5. The number of nitrogens with zero attached hydrogens (tertiary/aromatic N) is 1. The first-order valence-electron chi connectivity index (χ1n) is 7.76. The highest BCUT2D eigenvalue weighted by molar-refractivity contribution is 7.89. The summed E-state index contributed by atoms with van der Waals surface area (Å²) in [5.74, 6) is -1.15. The molecule has 0 aromatic heterocycles. The Kier molecular flexibility index (Phi) is 6.54. The summed E-state index contributed by atoms with van der Waals surface area (Å²) < 4.78 is 69.5. The molecule has 1 heterocycles. The fourth-order valence-electron chi connectivity index (χ4n) is 2.49. The number of sulfonamides is 1. The Balaban J connectivity index is 2.35. The van der Waals surface area contributed by atoms with Crippen LogP contribution in [-0.2, 0) is 19.6 Å². The average Bonchev–Trinajstić information content (AvgIpc) is 2.47.